The molecule has 1 amide bonds. The standard InChI is InChI=1S/C19H15F4N5OS2/c20-15-6-1-11(9-14(15)19(21,22)23)7-8-24-18(30)26-13-4-2-12(3-5-13)25-17(29)16-10-31-28-27-16/h1-6,9-10H,7-8H2,(H,25,29)(H2,24,26,30). The van der Waals surface area contributed by atoms with Crippen molar-refractivity contribution in [1.82, 2.24) is 14.9 Å². The molecule has 0 aliphatic rings. The summed E-state index contributed by atoms with van der Waals surface area (Å²) in [6.07, 6.45) is -4.52. The highest BCUT2D eigenvalue weighted by atomic mass is 32.1. The average molecular weight is 469 g/mol. The molecular formula is C19H15F4N5OS2. The van der Waals surface area contributed by atoms with Gasteiger partial charge in [0.25, 0.3) is 5.91 Å². The summed E-state index contributed by atoms with van der Waals surface area (Å²) in [5, 5.41) is 14.0. The minimum Gasteiger partial charge on any atom is -0.362 e. The number of halogens is 4. The van der Waals surface area contributed by atoms with Crippen molar-refractivity contribution in [3.05, 3.63) is 70.5 Å². The molecule has 0 bridgehead atoms. The minimum atomic E-state index is -4.74. The lowest BCUT2D eigenvalue weighted by Gasteiger charge is -2.13. The number of carbonyl (C=O) groups excluding carboxylic acids is 1. The maximum Gasteiger partial charge on any atom is 0.419 e. The highest BCUT2D eigenvalue weighted by Gasteiger charge is 2.34. The van der Waals surface area contributed by atoms with Gasteiger partial charge >= 0.3 is 6.18 Å². The highest BCUT2D eigenvalue weighted by molar-refractivity contribution is 7.80. The number of amides is 1. The van der Waals surface area contributed by atoms with Crippen LogP contribution in [0.2, 0.25) is 0 Å². The number of nitrogens with zero attached hydrogens (tertiary/aromatic N) is 2. The molecule has 0 saturated heterocycles. The summed E-state index contributed by atoms with van der Waals surface area (Å²) in [5.74, 6) is -1.68. The normalized spacial score (nSPS) is 11.1. The second kappa shape index (κ2) is 9.79. The van der Waals surface area contributed by atoms with Crippen molar-refractivity contribution in [3.63, 3.8) is 0 Å². The van der Waals surface area contributed by atoms with E-state index in [2.05, 4.69) is 25.5 Å². The molecule has 1 aromatic heterocycles. The summed E-state index contributed by atoms with van der Waals surface area (Å²) < 4.78 is 55.3. The number of hydrogen-bond donors (Lipinski definition) is 3. The number of nitrogens with one attached hydrogen (secondary N) is 3. The van der Waals surface area contributed by atoms with E-state index < -0.39 is 17.6 Å². The highest BCUT2D eigenvalue weighted by Crippen LogP contribution is 2.31. The van der Waals surface area contributed by atoms with Crippen LogP contribution in [-0.4, -0.2) is 27.2 Å². The summed E-state index contributed by atoms with van der Waals surface area (Å²) in [4.78, 5) is 11.9. The maximum atomic E-state index is 13.3. The van der Waals surface area contributed by atoms with Crippen LogP contribution in [0.15, 0.2) is 47.8 Å². The minimum absolute atomic E-state index is 0.223. The smallest absolute Gasteiger partial charge is 0.362 e. The van der Waals surface area contributed by atoms with Gasteiger partial charge in [0.15, 0.2) is 10.8 Å². The Balaban J connectivity index is 1.47. The van der Waals surface area contributed by atoms with E-state index in [0.29, 0.717) is 16.9 Å². The van der Waals surface area contributed by atoms with Crippen LogP contribution in [0.4, 0.5) is 28.9 Å². The van der Waals surface area contributed by atoms with Gasteiger partial charge in [-0.05, 0) is 72.1 Å². The Hall–Kier alpha value is -3.12. The molecule has 0 spiro atoms. The fourth-order valence-electron chi connectivity index (χ4n) is 2.54. The van der Waals surface area contributed by atoms with E-state index in [1.165, 1.54) is 11.4 Å². The van der Waals surface area contributed by atoms with Gasteiger partial charge in [-0.3, -0.25) is 4.79 Å². The van der Waals surface area contributed by atoms with Crippen molar-refractivity contribution >= 4 is 46.1 Å². The molecule has 6 nitrogen and oxygen atoms in total. The van der Waals surface area contributed by atoms with Gasteiger partial charge < -0.3 is 16.0 Å². The van der Waals surface area contributed by atoms with Gasteiger partial charge in [-0.15, -0.1) is 5.10 Å². The van der Waals surface area contributed by atoms with Gasteiger partial charge in [-0.25, -0.2) is 4.39 Å². The van der Waals surface area contributed by atoms with Crippen LogP contribution in [0.25, 0.3) is 0 Å². The molecule has 162 valence electrons. The molecule has 31 heavy (non-hydrogen) atoms. The largest absolute Gasteiger partial charge is 0.419 e. The summed E-state index contributed by atoms with van der Waals surface area (Å²) in [7, 11) is 0. The first-order chi connectivity index (χ1) is 14.7. The van der Waals surface area contributed by atoms with E-state index >= 15 is 0 Å². The SMILES string of the molecule is O=C(Nc1ccc(NC(=S)NCCc2ccc(F)c(C(F)(F)F)c2)cc1)c1csnn1. The lowest BCUT2D eigenvalue weighted by atomic mass is 10.1. The third-order valence-electron chi connectivity index (χ3n) is 4.03. The van der Waals surface area contributed by atoms with Gasteiger partial charge in [-0.1, -0.05) is 10.6 Å². The number of hydrogen-bond acceptors (Lipinski definition) is 5. The molecule has 3 N–H and O–H groups in total. The van der Waals surface area contributed by atoms with E-state index in [1.54, 1.807) is 24.3 Å². The van der Waals surface area contributed by atoms with Crippen LogP contribution in [-0.2, 0) is 12.6 Å². The molecule has 0 aliphatic carbocycles. The maximum absolute atomic E-state index is 13.3. The van der Waals surface area contributed by atoms with Crippen LogP contribution in [0.1, 0.15) is 21.6 Å². The predicted molar refractivity (Wildman–Crippen MR) is 114 cm³/mol. The molecule has 0 unspecified atom stereocenters. The first kappa shape index (κ1) is 22.6. The van der Waals surface area contributed by atoms with Crippen molar-refractivity contribution in [1.29, 1.82) is 0 Å². The number of carbonyl (C=O) groups is 1. The van der Waals surface area contributed by atoms with Crippen molar-refractivity contribution in [2.75, 3.05) is 17.2 Å². The molecule has 0 fully saturated rings. The second-order valence-corrected chi connectivity index (χ2v) is 7.28. The number of benzene rings is 2. The lowest BCUT2D eigenvalue weighted by molar-refractivity contribution is -0.140. The molecule has 0 aliphatic heterocycles. The molecule has 3 aromatic rings. The predicted octanol–water partition coefficient (Wildman–Crippen LogP) is 4.48. The van der Waals surface area contributed by atoms with Crippen LogP contribution >= 0.6 is 23.8 Å². The molecule has 0 atom stereocenters. The molecule has 3 rings (SSSR count). The van der Waals surface area contributed by atoms with Crippen molar-refractivity contribution < 1.29 is 22.4 Å². The Morgan fingerprint density at radius 2 is 1.74 bits per heavy atom. The third kappa shape index (κ3) is 6.43. The van der Waals surface area contributed by atoms with Crippen LogP contribution in [0, 0.1) is 5.82 Å². The zero-order valence-corrected chi connectivity index (χ0v) is 17.3. The molecule has 12 heteroatoms. The lowest BCUT2D eigenvalue weighted by Crippen LogP contribution is -2.30. The fraction of sp³-hybridized carbons (Fsp3) is 0.158. The van der Waals surface area contributed by atoms with E-state index in [9.17, 15) is 22.4 Å². The van der Waals surface area contributed by atoms with Crippen LogP contribution in [0.5, 0.6) is 0 Å². The quantitative estimate of drug-likeness (QED) is 0.365. The van der Waals surface area contributed by atoms with Crippen molar-refractivity contribution in [2.45, 2.75) is 12.6 Å². The van der Waals surface area contributed by atoms with E-state index in [-0.39, 0.29) is 29.7 Å². The van der Waals surface area contributed by atoms with Gasteiger partial charge in [0, 0.05) is 23.3 Å². The number of rotatable bonds is 6. The summed E-state index contributed by atoms with van der Waals surface area (Å²) in [5.41, 5.74) is 0.468. The Bertz CT molecular complexity index is 1060. The molecule has 2 aromatic carbocycles. The average Bonchev–Trinajstić information content (AvgIpc) is 3.25. The van der Waals surface area contributed by atoms with Crippen molar-refractivity contribution in [3.8, 4) is 0 Å². The monoisotopic (exact) mass is 469 g/mol. The topological polar surface area (TPSA) is 78.9 Å². The molecule has 1 heterocycles. The zero-order chi connectivity index (χ0) is 22.4. The Morgan fingerprint density at radius 1 is 1.06 bits per heavy atom. The number of anilines is 2. The van der Waals surface area contributed by atoms with Crippen LogP contribution in [0.3, 0.4) is 0 Å². The van der Waals surface area contributed by atoms with Gasteiger partial charge in [-0.2, -0.15) is 13.2 Å². The van der Waals surface area contributed by atoms with E-state index in [1.807, 2.05) is 0 Å². The van der Waals surface area contributed by atoms with Gasteiger partial charge in [0.1, 0.15) is 5.82 Å². The molecular weight excluding hydrogens is 454 g/mol. The number of thiocarbonyl (C=S) groups is 1. The molecule has 0 saturated carbocycles. The summed E-state index contributed by atoms with van der Waals surface area (Å²) in [6, 6.07) is 9.62. The Labute approximate surface area is 183 Å². The van der Waals surface area contributed by atoms with E-state index in [4.69, 9.17) is 12.2 Å². The summed E-state index contributed by atoms with van der Waals surface area (Å²) >= 11 is 6.24. The van der Waals surface area contributed by atoms with Crippen LogP contribution < -0.4 is 16.0 Å². The van der Waals surface area contributed by atoms with Gasteiger partial charge in [0.2, 0.25) is 0 Å². The second-order valence-electron chi connectivity index (χ2n) is 6.26. The first-order valence-corrected chi connectivity index (χ1v) is 10.1. The summed E-state index contributed by atoms with van der Waals surface area (Å²) in [6.45, 7) is 0.255. The fourth-order valence-corrected chi connectivity index (χ4v) is 3.19. The van der Waals surface area contributed by atoms with Gasteiger partial charge in [0.05, 0.1) is 5.56 Å². The Kier molecular flexibility index (Phi) is 7.13. The first-order valence-electron chi connectivity index (χ1n) is 8.81. The Morgan fingerprint density at radius 3 is 2.35 bits per heavy atom. The molecule has 0 radical (unpaired) electrons. The third-order valence-corrected chi connectivity index (χ3v) is 4.78. The van der Waals surface area contributed by atoms with Crippen molar-refractivity contribution in [2.24, 2.45) is 0 Å². The van der Waals surface area contributed by atoms with E-state index in [0.717, 1.165) is 23.7 Å². The number of aromatic nitrogens is 2. The number of alkyl halides is 3. The zero-order valence-electron chi connectivity index (χ0n) is 15.7.